The third-order valence-electron chi connectivity index (χ3n) is 3.36. The first-order chi connectivity index (χ1) is 11.5. The van der Waals surface area contributed by atoms with Crippen molar-refractivity contribution < 1.29 is 9.53 Å². The second kappa shape index (κ2) is 8.21. The van der Waals surface area contributed by atoms with Gasteiger partial charge in [0.05, 0.1) is 13.7 Å². The van der Waals surface area contributed by atoms with Gasteiger partial charge in [-0.25, -0.2) is 0 Å². The molecule has 128 valence electrons. The number of hydrogen-bond donors (Lipinski definition) is 2. The van der Waals surface area contributed by atoms with Gasteiger partial charge in [0.1, 0.15) is 11.9 Å². The van der Waals surface area contributed by atoms with Gasteiger partial charge in [-0.1, -0.05) is 30.3 Å². The van der Waals surface area contributed by atoms with Crippen LogP contribution in [-0.2, 0) is 22.5 Å². The largest absolute Gasteiger partial charge is 0.468 e. The molecule has 1 heterocycles. The van der Waals surface area contributed by atoms with E-state index in [1.54, 1.807) is 4.90 Å². The summed E-state index contributed by atoms with van der Waals surface area (Å²) >= 11 is 0. The summed E-state index contributed by atoms with van der Waals surface area (Å²) in [7, 11) is 5.00. The molecule has 0 fully saturated rings. The Labute approximate surface area is 141 Å². The number of carbonyl (C=O) groups excluding carboxylic acids is 1. The van der Waals surface area contributed by atoms with E-state index in [1.165, 1.54) is 7.11 Å². The average molecular weight is 330 g/mol. The van der Waals surface area contributed by atoms with Crippen LogP contribution in [0.2, 0.25) is 0 Å². The minimum atomic E-state index is -0.502. The van der Waals surface area contributed by atoms with Crippen molar-refractivity contribution in [3.63, 3.8) is 0 Å². The number of carbonyl (C=O) groups is 1. The second-order valence-corrected chi connectivity index (χ2v) is 5.45. The summed E-state index contributed by atoms with van der Waals surface area (Å²) in [5.41, 5.74) is 6.74. The number of nitrogens with two attached hydrogens (primary N) is 1. The molecule has 0 saturated heterocycles. The number of anilines is 2. The van der Waals surface area contributed by atoms with Gasteiger partial charge in [0.15, 0.2) is 0 Å². The number of nitrogen functional groups attached to an aromatic ring is 1. The fourth-order valence-electron chi connectivity index (χ4n) is 2.15. The van der Waals surface area contributed by atoms with Gasteiger partial charge >= 0.3 is 5.97 Å². The average Bonchev–Trinajstić information content (AvgIpc) is 2.58. The van der Waals surface area contributed by atoms with Crippen LogP contribution in [0.4, 0.5) is 11.9 Å². The zero-order valence-corrected chi connectivity index (χ0v) is 14.1. The smallest absolute Gasteiger partial charge is 0.323 e. The van der Waals surface area contributed by atoms with Crippen molar-refractivity contribution in [3.8, 4) is 0 Å². The van der Waals surface area contributed by atoms with Crippen LogP contribution in [-0.4, -0.2) is 48.2 Å². The Morgan fingerprint density at radius 2 is 1.96 bits per heavy atom. The van der Waals surface area contributed by atoms with Crippen LogP contribution in [0.1, 0.15) is 11.4 Å². The zero-order chi connectivity index (χ0) is 17.5. The number of benzene rings is 1. The Morgan fingerprint density at radius 1 is 1.25 bits per heavy atom. The number of hydrogen-bond acceptors (Lipinski definition) is 8. The van der Waals surface area contributed by atoms with Gasteiger partial charge in [0, 0.05) is 14.1 Å². The fourth-order valence-corrected chi connectivity index (χ4v) is 2.15. The number of ether oxygens (including phenoxy) is 1. The zero-order valence-electron chi connectivity index (χ0n) is 14.1. The van der Waals surface area contributed by atoms with E-state index >= 15 is 0 Å². The molecule has 0 unspecified atom stereocenters. The monoisotopic (exact) mass is 330 g/mol. The summed E-state index contributed by atoms with van der Waals surface area (Å²) in [6, 6.07) is 9.21. The third kappa shape index (κ3) is 4.88. The van der Waals surface area contributed by atoms with Crippen LogP contribution < -0.4 is 16.0 Å². The van der Waals surface area contributed by atoms with E-state index in [4.69, 9.17) is 10.5 Å². The molecular formula is C16H22N6O2. The predicted octanol–water partition coefficient (Wildman–Crippen LogP) is 0.394. The van der Waals surface area contributed by atoms with Crippen LogP contribution in [0.5, 0.6) is 0 Å². The van der Waals surface area contributed by atoms with E-state index in [2.05, 4.69) is 20.3 Å². The molecule has 1 aromatic carbocycles. The van der Waals surface area contributed by atoms with Crippen molar-refractivity contribution >= 4 is 17.9 Å². The lowest BCUT2D eigenvalue weighted by Crippen LogP contribution is -2.39. The molecule has 8 heteroatoms. The highest BCUT2D eigenvalue weighted by Crippen LogP contribution is 2.08. The molecule has 1 aromatic heterocycles. The Kier molecular flexibility index (Phi) is 6.02. The van der Waals surface area contributed by atoms with E-state index in [0.717, 1.165) is 5.56 Å². The van der Waals surface area contributed by atoms with Gasteiger partial charge in [0.25, 0.3) is 0 Å². The van der Waals surface area contributed by atoms with Gasteiger partial charge < -0.3 is 15.4 Å². The first-order valence-corrected chi connectivity index (χ1v) is 7.52. The standard InChI is InChI=1S/C16H22N6O2/c1-22(2)16-20-13(19-15(17)21-16)10-18-12(14(23)24-3)9-11-7-5-4-6-8-11/h4-8,12,18H,9-10H2,1-3H3,(H2,17,19,20,21)/t12-/m1/s1. The van der Waals surface area contributed by atoms with E-state index < -0.39 is 6.04 Å². The number of rotatable bonds is 7. The van der Waals surface area contributed by atoms with Crippen LogP contribution >= 0.6 is 0 Å². The molecule has 0 bridgehead atoms. The minimum absolute atomic E-state index is 0.142. The summed E-state index contributed by atoms with van der Waals surface area (Å²) < 4.78 is 4.87. The number of aromatic nitrogens is 3. The molecule has 1 atom stereocenters. The topological polar surface area (TPSA) is 106 Å². The Hall–Kier alpha value is -2.74. The Bertz CT molecular complexity index is 678. The summed E-state index contributed by atoms with van der Waals surface area (Å²) in [5, 5.41) is 3.13. The highest BCUT2D eigenvalue weighted by atomic mass is 16.5. The lowest BCUT2D eigenvalue weighted by molar-refractivity contribution is -0.143. The van der Waals surface area contributed by atoms with Gasteiger partial charge in [-0.2, -0.15) is 15.0 Å². The third-order valence-corrected chi connectivity index (χ3v) is 3.36. The quantitative estimate of drug-likeness (QED) is 0.702. The molecule has 2 rings (SSSR count). The number of nitrogens with one attached hydrogen (secondary N) is 1. The molecule has 0 aliphatic rings. The highest BCUT2D eigenvalue weighted by molar-refractivity contribution is 5.76. The van der Waals surface area contributed by atoms with Gasteiger partial charge in [-0.3, -0.25) is 10.1 Å². The predicted molar refractivity (Wildman–Crippen MR) is 91.4 cm³/mol. The maximum Gasteiger partial charge on any atom is 0.323 e. The normalized spacial score (nSPS) is 11.8. The van der Waals surface area contributed by atoms with E-state index in [-0.39, 0.29) is 18.5 Å². The van der Waals surface area contributed by atoms with E-state index in [0.29, 0.717) is 18.2 Å². The maximum atomic E-state index is 12.0. The van der Waals surface area contributed by atoms with Crippen molar-refractivity contribution in [3.05, 3.63) is 41.7 Å². The SMILES string of the molecule is COC(=O)[C@@H](Cc1ccccc1)NCc1nc(N)nc(N(C)C)n1. The molecule has 24 heavy (non-hydrogen) atoms. The van der Waals surface area contributed by atoms with Gasteiger partial charge in [-0.15, -0.1) is 0 Å². The maximum absolute atomic E-state index is 12.0. The second-order valence-electron chi connectivity index (χ2n) is 5.45. The Balaban J connectivity index is 2.09. The first-order valence-electron chi connectivity index (χ1n) is 7.52. The number of nitrogens with zero attached hydrogens (tertiary/aromatic N) is 4. The van der Waals surface area contributed by atoms with Crippen LogP contribution in [0.15, 0.2) is 30.3 Å². The number of esters is 1. The lowest BCUT2D eigenvalue weighted by Gasteiger charge is -2.17. The molecule has 0 radical (unpaired) electrons. The first kappa shape index (κ1) is 17.6. The van der Waals surface area contributed by atoms with Crippen LogP contribution in [0.25, 0.3) is 0 Å². The fraction of sp³-hybridized carbons (Fsp3) is 0.375. The molecule has 0 saturated carbocycles. The molecule has 0 amide bonds. The molecular weight excluding hydrogens is 308 g/mol. The molecule has 8 nitrogen and oxygen atoms in total. The van der Waals surface area contributed by atoms with Crippen molar-refractivity contribution in [2.75, 3.05) is 31.8 Å². The molecule has 0 aliphatic carbocycles. The van der Waals surface area contributed by atoms with Crippen molar-refractivity contribution in [2.24, 2.45) is 0 Å². The molecule has 0 spiro atoms. The molecule has 2 aromatic rings. The van der Waals surface area contributed by atoms with Crippen molar-refractivity contribution in [1.82, 2.24) is 20.3 Å². The lowest BCUT2D eigenvalue weighted by atomic mass is 10.1. The van der Waals surface area contributed by atoms with E-state index in [1.807, 2.05) is 44.4 Å². The van der Waals surface area contributed by atoms with Gasteiger partial charge in [-0.05, 0) is 12.0 Å². The highest BCUT2D eigenvalue weighted by Gasteiger charge is 2.20. The Morgan fingerprint density at radius 3 is 2.58 bits per heavy atom. The summed E-state index contributed by atoms with van der Waals surface area (Å²) in [6.07, 6.45) is 0.509. The summed E-state index contributed by atoms with van der Waals surface area (Å²) in [4.78, 5) is 26.2. The van der Waals surface area contributed by atoms with E-state index in [9.17, 15) is 4.79 Å². The molecule has 0 aliphatic heterocycles. The van der Waals surface area contributed by atoms with Crippen molar-refractivity contribution in [1.29, 1.82) is 0 Å². The van der Waals surface area contributed by atoms with Gasteiger partial charge in [0.2, 0.25) is 11.9 Å². The summed E-state index contributed by atoms with van der Waals surface area (Å²) in [5.74, 6) is 0.738. The summed E-state index contributed by atoms with van der Waals surface area (Å²) in [6.45, 7) is 0.278. The van der Waals surface area contributed by atoms with Crippen molar-refractivity contribution in [2.45, 2.75) is 19.0 Å². The van der Waals surface area contributed by atoms with Crippen LogP contribution in [0.3, 0.4) is 0 Å². The molecule has 3 N–H and O–H groups in total. The number of methoxy groups -OCH3 is 1. The van der Waals surface area contributed by atoms with Crippen LogP contribution in [0, 0.1) is 0 Å². The minimum Gasteiger partial charge on any atom is -0.468 e.